The van der Waals surface area contributed by atoms with Crippen LogP contribution < -0.4 is 4.74 Å². The third-order valence-corrected chi connectivity index (χ3v) is 2.50. The van der Waals surface area contributed by atoms with Crippen molar-refractivity contribution in [3.8, 4) is 29.2 Å². The predicted octanol–water partition coefficient (Wildman–Crippen LogP) is 2.80. The van der Waals surface area contributed by atoms with E-state index in [1.807, 2.05) is 18.2 Å². The Morgan fingerprint density at radius 3 is 2.85 bits per heavy atom. The van der Waals surface area contributed by atoms with Gasteiger partial charge >= 0.3 is 0 Å². The molecule has 0 atom stereocenters. The maximum absolute atomic E-state index is 8.80. The van der Waals surface area contributed by atoms with Crippen LogP contribution in [0.15, 0.2) is 53.3 Å². The summed E-state index contributed by atoms with van der Waals surface area (Å²) >= 11 is 0. The summed E-state index contributed by atoms with van der Waals surface area (Å²) in [6, 6.07) is 14.1. The summed E-state index contributed by atoms with van der Waals surface area (Å²) in [5.41, 5.74) is 1.05. The first-order valence-corrected chi connectivity index (χ1v) is 5.77. The number of hydrogen-bond donors (Lipinski definition) is 0. The molecule has 3 rings (SSSR count). The van der Waals surface area contributed by atoms with Crippen LogP contribution in [-0.4, -0.2) is 15.2 Å². The Morgan fingerprint density at radius 1 is 1.15 bits per heavy atom. The first kappa shape index (κ1) is 11.9. The van der Waals surface area contributed by atoms with Crippen LogP contribution in [0.1, 0.15) is 5.69 Å². The van der Waals surface area contributed by atoms with Crippen molar-refractivity contribution in [2.75, 3.05) is 0 Å². The third kappa shape index (κ3) is 2.47. The molecule has 96 valence electrons. The Bertz CT molecular complexity index is 763. The second kappa shape index (κ2) is 5.20. The minimum Gasteiger partial charge on any atom is -0.439 e. The minimum atomic E-state index is 0.301. The van der Waals surface area contributed by atoms with Crippen LogP contribution in [0.25, 0.3) is 11.5 Å². The van der Waals surface area contributed by atoms with E-state index < -0.39 is 0 Å². The average molecular weight is 264 g/mol. The van der Waals surface area contributed by atoms with Crippen LogP contribution in [0.3, 0.4) is 0 Å². The monoisotopic (exact) mass is 264 g/mol. The van der Waals surface area contributed by atoms with Gasteiger partial charge in [-0.3, -0.25) is 0 Å². The number of aromatic nitrogens is 3. The molecular weight excluding hydrogens is 256 g/mol. The van der Waals surface area contributed by atoms with Gasteiger partial charge in [-0.2, -0.15) is 5.26 Å². The molecule has 0 amide bonds. The average Bonchev–Trinajstić information content (AvgIpc) is 3.02. The zero-order chi connectivity index (χ0) is 13.8. The fraction of sp³-hybridized carbons (Fsp3) is 0. The zero-order valence-corrected chi connectivity index (χ0v) is 10.2. The summed E-state index contributed by atoms with van der Waals surface area (Å²) in [6.45, 7) is 0. The van der Waals surface area contributed by atoms with Gasteiger partial charge in [-0.15, -0.1) is 10.2 Å². The van der Waals surface area contributed by atoms with Gasteiger partial charge in [-0.1, -0.05) is 12.1 Å². The van der Waals surface area contributed by atoms with Gasteiger partial charge in [0.2, 0.25) is 18.2 Å². The van der Waals surface area contributed by atoms with E-state index in [1.54, 1.807) is 30.3 Å². The van der Waals surface area contributed by atoms with Crippen molar-refractivity contribution in [2.24, 2.45) is 0 Å². The quantitative estimate of drug-likeness (QED) is 0.723. The first-order valence-electron chi connectivity index (χ1n) is 5.77. The van der Waals surface area contributed by atoms with Gasteiger partial charge in [0, 0.05) is 11.6 Å². The highest BCUT2D eigenvalue weighted by Gasteiger charge is 2.06. The van der Waals surface area contributed by atoms with Gasteiger partial charge in [-0.25, -0.2) is 4.98 Å². The van der Waals surface area contributed by atoms with E-state index in [-0.39, 0.29) is 0 Å². The molecule has 0 unspecified atom stereocenters. The predicted molar refractivity (Wildman–Crippen MR) is 68.8 cm³/mol. The summed E-state index contributed by atoms with van der Waals surface area (Å²) in [5, 5.41) is 16.3. The molecule has 0 fully saturated rings. The van der Waals surface area contributed by atoms with Crippen LogP contribution in [0.5, 0.6) is 11.6 Å². The zero-order valence-electron chi connectivity index (χ0n) is 10.2. The molecule has 1 aromatic carbocycles. The molecule has 2 aromatic heterocycles. The van der Waals surface area contributed by atoms with Crippen LogP contribution in [0, 0.1) is 11.3 Å². The molecule has 0 radical (unpaired) electrons. The van der Waals surface area contributed by atoms with Crippen LogP contribution in [-0.2, 0) is 0 Å². The molecule has 0 N–H and O–H groups in total. The molecule has 2 heterocycles. The summed E-state index contributed by atoms with van der Waals surface area (Å²) in [7, 11) is 0. The second-order valence-electron chi connectivity index (χ2n) is 3.85. The normalized spacial score (nSPS) is 9.95. The first-order chi connectivity index (χ1) is 9.85. The molecule has 3 aromatic rings. The number of benzene rings is 1. The largest absolute Gasteiger partial charge is 0.439 e. The molecule has 6 nitrogen and oxygen atoms in total. The second-order valence-corrected chi connectivity index (χ2v) is 3.85. The molecule has 20 heavy (non-hydrogen) atoms. The van der Waals surface area contributed by atoms with E-state index in [2.05, 4.69) is 15.2 Å². The maximum atomic E-state index is 8.80. The van der Waals surface area contributed by atoms with Gasteiger partial charge in [0.1, 0.15) is 17.5 Å². The van der Waals surface area contributed by atoms with Crippen molar-refractivity contribution in [1.82, 2.24) is 15.2 Å². The van der Waals surface area contributed by atoms with E-state index in [1.165, 1.54) is 6.39 Å². The Labute approximate surface area is 114 Å². The number of rotatable bonds is 3. The highest BCUT2D eigenvalue weighted by atomic mass is 16.5. The van der Waals surface area contributed by atoms with Crippen LogP contribution >= 0.6 is 0 Å². The summed E-state index contributed by atoms with van der Waals surface area (Å²) in [6.07, 6.45) is 1.26. The lowest BCUT2D eigenvalue weighted by molar-refractivity contribution is 0.462. The van der Waals surface area contributed by atoms with E-state index in [0.29, 0.717) is 23.2 Å². The molecule has 0 aliphatic heterocycles. The molecule has 0 saturated carbocycles. The lowest BCUT2D eigenvalue weighted by Gasteiger charge is -2.05. The number of nitrogens with zero attached hydrogens (tertiary/aromatic N) is 4. The van der Waals surface area contributed by atoms with Crippen molar-refractivity contribution in [3.63, 3.8) is 0 Å². The standard InChI is InChI=1S/C14H8N4O2/c15-8-11-4-2-6-13(17-11)20-12-5-1-3-10(7-12)14-18-16-9-19-14/h1-7,9H. The lowest BCUT2D eigenvalue weighted by atomic mass is 10.2. The topological polar surface area (TPSA) is 84.8 Å². The minimum absolute atomic E-state index is 0.301. The lowest BCUT2D eigenvalue weighted by Crippen LogP contribution is -1.90. The fourth-order valence-electron chi connectivity index (χ4n) is 1.65. The summed E-state index contributed by atoms with van der Waals surface area (Å²) in [5.74, 6) is 1.34. The smallest absolute Gasteiger partial charge is 0.247 e. The van der Waals surface area contributed by atoms with Gasteiger partial charge < -0.3 is 9.15 Å². The molecule has 0 aliphatic rings. The number of hydrogen-bond acceptors (Lipinski definition) is 6. The van der Waals surface area contributed by atoms with Crippen LogP contribution in [0.2, 0.25) is 0 Å². The summed E-state index contributed by atoms with van der Waals surface area (Å²) < 4.78 is 10.7. The molecule has 0 aliphatic carbocycles. The van der Waals surface area contributed by atoms with E-state index in [0.717, 1.165) is 5.56 Å². The van der Waals surface area contributed by atoms with Gasteiger partial charge in [0.05, 0.1) is 0 Å². The van der Waals surface area contributed by atoms with Crippen molar-refractivity contribution in [3.05, 3.63) is 54.6 Å². The highest BCUT2D eigenvalue weighted by Crippen LogP contribution is 2.25. The van der Waals surface area contributed by atoms with E-state index in [9.17, 15) is 0 Å². The van der Waals surface area contributed by atoms with Crippen molar-refractivity contribution in [2.45, 2.75) is 0 Å². The van der Waals surface area contributed by atoms with E-state index >= 15 is 0 Å². The molecular formula is C14H8N4O2. The highest BCUT2D eigenvalue weighted by molar-refractivity contribution is 5.55. The molecule has 0 saturated heterocycles. The Kier molecular flexibility index (Phi) is 3.08. The number of pyridine rings is 1. The Morgan fingerprint density at radius 2 is 2.05 bits per heavy atom. The Hall–Kier alpha value is -3.20. The van der Waals surface area contributed by atoms with Gasteiger partial charge in [0.25, 0.3) is 0 Å². The third-order valence-electron chi connectivity index (χ3n) is 2.50. The van der Waals surface area contributed by atoms with E-state index in [4.69, 9.17) is 14.4 Å². The van der Waals surface area contributed by atoms with Crippen LogP contribution in [0.4, 0.5) is 0 Å². The molecule has 0 spiro atoms. The number of ether oxygens (including phenoxy) is 1. The summed E-state index contributed by atoms with van der Waals surface area (Å²) in [4.78, 5) is 4.04. The van der Waals surface area contributed by atoms with Gasteiger partial charge in [0.15, 0.2) is 0 Å². The number of nitriles is 1. The fourth-order valence-corrected chi connectivity index (χ4v) is 1.65. The maximum Gasteiger partial charge on any atom is 0.247 e. The van der Waals surface area contributed by atoms with Gasteiger partial charge in [-0.05, 0) is 24.3 Å². The SMILES string of the molecule is N#Cc1cccc(Oc2cccc(-c3nnco3)c2)n1. The Balaban J connectivity index is 1.88. The molecule has 0 bridgehead atoms. The van der Waals surface area contributed by atoms with Crippen molar-refractivity contribution in [1.29, 1.82) is 5.26 Å². The molecule has 6 heteroatoms. The van der Waals surface area contributed by atoms with Crippen molar-refractivity contribution < 1.29 is 9.15 Å². The van der Waals surface area contributed by atoms with Crippen molar-refractivity contribution >= 4 is 0 Å².